The molecule has 1 saturated heterocycles. The highest BCUT2D eigenvalue weighted by atomic mass is 35.5. The van der Waals surface area contributed by atoms with Crippen molar-refractivity contribution in [2.75, 3.05) is 25.0 Å². The van der Waals surface area contributed by atoms with Gasteiger partial charge in [0.1, 0.15) is 17.7 Å². The van der Waals surface area contributed by atoms with Crippen LogP contribution < -0.4 is 16.0 Å². The van der Waals surface area contributed by atoms with E-state index in [0.29, 0.717) is 52.2 Å². The lowest BCUT2D eigenvalue weighted by atomic mass is 9.87. The molecule has 11 heteroatoms. The molecule has 0 unspecified atom stereocenters. The summed E-state index contributed by atoms with van der Waals surface area (Å²) < 4.78 is 1.90. The normalized spacial score (nSPS) is 14.9. The zero-order chi connectivity index (χ0) is 24.4. The van der Waals surface area contributed by atoms with Gasteiger partial charge in [0.15, 0.2) is 17.0 Å². The molecule has 0 bridgehead atoms. The van der Waals surface area contributed by atoms with Crippen molar-refractivity contribution in [2.24, 2.45) is 0 Å². The van der Waals surface area contributed by atoms with Crippen LogP contribution in [0.3, 0.4) is 0 Å². The maximum atomic E-state index is 13.5. The number of rotatable bonds is 6. The van der Waals surface area contributed by atoms with Crippen molar-refractivity contribution in [1.29, 1.82) is 0 Å². The Morgan fingerprint density at radius 3 is 2.50 bits per heavy atom. The molecule has 0 atom stereocenters. The van der Waals surface area contributed by atoms with Gasteiger partial charge in [0.05, 0.1) is 5.02 Å². The molecule has 0 radical (unpaired) electrons. The molecule has 3 N–H and O–H groups in total. The number of fused-ring (bicyclic) bond motifs is 1. The van der Waals surface area contributed by atoms with Crippen LogP contribution in [-0.2, 0) is 4.79 Å². The van der Waals surface area contributed by atoms with Gasteiger partial charge >= 0.3 is 0 Å². The molecule has 4 aromatic rings. The number of carbonyl (C=O) groups excluding carboxylic acids is 1. The molecular formula is C25H26Cl3N7O. The number of imidazole rings is 1. The maximum Gasteiger partial charge on any atom is 0.245 e. The predicted octanol–water partition coefficient (Wildman–Crippen LogP) is 4.88. The van der Waals surface area contributed by atoms with Crippen LogP contribution in [0.5, 0.6) is 0 Å². The number of anilines is 1. The Morgan fingerprint density at radius 2 is 1.81 bits per heavy atom. The third-order valence-corrected chi connectivity index (χ3v) is 6.86. The van der Waals surface area contributed by atoms with Gasteiger partial charge in [-0.3, -0.25) is 9.36 Å². The van der Waals surface area contributed by atoms with Gasteiger partial charge in [-0.05, 0) is 68.9 Å². The second-order valence-corrected chi connectivity index (χ2v) is 9.28. The van der Waals surface area contributed by atoms with Crippen LogP contribution in [-0.4, -0.2) is 50.6 Å². The Labute approximate surface area is 225 Å². The smallest absolute Gasteiger partial charge is 0.245 e. The highest BCUT2D eigenvalue weighted by Gasteiger charge is 2.39. The SMILES string of the molecule is CCNC1(C(=O)Nc2ncnc3c2nc(-c2ccccc2Cl)n3-c2ccc(Cl)cc2)CCNCC1.Cl. The third kappa shape index (κ3) is 4.92. The third-order valence-electron chi connectivity index (χ3n) is 6.28. The van der Waals surface area contributed by atoms with Gasteiger partial charge in [0, 0.05) is 16.3 Å². The van der Waals surface area contributed by atoms with Crippen LogP contribution in [0.4, 0.5) is 5.82 Å². The number of nitrogens with one attached hydrogen (secondary N) is 3. The Morgan fingerprint density at radius 1 is 1.08 bits per heavy atom. The molecule has 1 fully saturated rings. The molecule has 0 saturated carbocycles. The number of hydrogen-bond donors (Lipinski definition) is 3. The maximum absolute atomic E-state index is 13.5. The van der Waals surface area contributed by atoms with E-state index in [0.717, 1.165) is 24.3 Å². The van der Waals surface area contributed by atoms with Crippen molar-refractivity contribution >= 4 is 58.5 Å². The summed E-state index contributed by atoms with van der Waals surface area (Å²) in [4.78, 5) is 27.3. The summed E-state index contributed by atoms with van der Waals surface area (Å²) in [5.41, 5.74) is 1.91. The van der Waals surface area contributed by atoms with E-state index < -0.39 is 5.54 Å². The molecule has 1 aliphatic rings. The van der Waals surface area contributed by atoms with E-state index in [1.807, 2.05) is 47.9 Å². The first-order valence-electron chi connectivity index (χ1n) is 11.5. The van der Waals surface area contributed by atoms with Crippen LogP contribution in [0.2, 0.25) is 10.0 Å². The van der Waals surface area contributed by atoms with Crippen LogP contribution in [0.15, 0.2) is 54.9 Å². The fraction of sp³-hybridized carbons (Fsp3) is 0.280. The van der Waals surface area contributed by atoms with Gasteiger partial charge < -0.3 is 16.0 Å². The minimum absolute atomic E-state index is 0. The largest absolute Gasteiger partial charge is 0.317 e. The Balaban J connectivity index is 0.00000304. The lowest BCUT2D eigenvalue weighted by Crippen LogP contribution is -2.59. The van der Waals surface area contributed by atoms with Gasteiger partial charge in [-0.25, -0.2) is 15.0 Å². The lowest BCUT2D eigenvalue weighted by Gasteiger charge is -2.36. The first-order valence-corrected chi connectivity index (χ1v) is 12.3. The molecule has 36 heavy (non-hydrogen) atoms. The number of benzene rings is 2. The van der Waals surface area contributed by atoms with E-state index in [4.69, 9.17) is 28.2 Å². The molecule has 2 aromatic carbocycles. The minimum Gasteiger partial charge on any atom is -0.317 e. The van der Waals surface area contributed by atoms with Crippen molar-refractivity contribution in [3.63, 3.8) is 0 Å². The fourth-order valence-corrected chi connectivity index (χ4v) is 4.89. The van der Waals surface area contributed by atoms with Crippen molar-refractivity contribution in [3.8, 4) is 17.1 Å². The van der Waals surface area contributed by atoms with E-state index >= 15 is 0 Å². The van der Waals surface area contributed by atoms with Gasteiger partial charge in [-0.2, -0.15) is 0 Å². The lowest BCUT2D eigenvalue weighted by molar-refractivity contribution is -0.123. The molecule has 5 rings (SSSR count). The summed E-state index contributed by atoms with van der Waals surface area (Å²) in [6.45, 7) is 4.22. The Kier molecular flexibility index (Phi) is 8.12. The number of amides is 1. The summed E-state index contributed by atoms with van der Waals surface area (Å²) >= 11 is 12.7. The van der Waals surface area contributed by atoms with Gasteiger partial charge in [-0.15, -0.1) is 12.4 Å². The van der Waals surface area contributed by atoms with E-state index in [-0.39, 0.29) is 18.3 Å². The number of piperidine rings is 1. The van der Waals surface area contributed by atoms with E-state index in [9.17, 15) is 4.79 Å². The molecular weight excluding hydrogens is 521 g/mol. The summed E-state index contributed by atoms with van der Waals surface area (Å²) in [7, 11) is 0. The average molecular weight is 547 g/mol. The summed E-state index contributed by atoms with van der Waals surface area (Å²) in [6, 6.07) is 14.9. The quantitative estimate of drug-likeness (QED) is 0.319. The number of likely N-dealkylation sites (N-methyl/N-ethyl adjacent to an activating group) is 1. The van der Waals surface area contributed by atoms with Crippen LogP contribution in [0, 0.1) is 0 Å². The number of aromatic nitrogens is 4. The standard InChI is InChI=1S/C25H25Cl2N7O.ClH/c1-2-31-25(11-13-28-14-12-25)24(35)33-21-20-23(30-15-29-21)34(17-9-7-16(26)8-10-17)22(32-20)18-5-3-4-6-19(18)27;/h3-10,15,28,31H,2,11-14H2,1H3,(H,29,30,33,35);1H. The first-order chi connectivity index (χ1) is 17.0. The van der Waals surface area contributed by atoms with Crippen molar-refractivity contribution in [2.45, 2.75) is 25.3 Å². The molecule has 2 aromatic heterocycles. The van der Waals surface area contributed by atoms with Gasteiger partial charge in [0.2, 0.25) is 5.91 Å². The van der Waals surface area contributed by atoms with Crippen LogP contribution in [0.25, 0.3) is 28.2 Å². The van der Waals surface area contributed by atoms with Crippen LogP contribution >= 0.6 is 35.6 Å². The monoisotopic (exact) mass is 545 g/mol. The van der Waals surface area contributed by atoms with E-state index in [1.165, 1.54) is 6.33 Å². The summed E-state index contributed by atoms with van der Waals surface area (Å²) in [5, 5.41) is 10.9. The number of carbonyl (C=O) groups is 1. The van der Waals surface area contributed by atoms with Gasteiger partial charge in [0.25, 0.3) is 0 Å². The highest BCUT2D eigenvalue weighted by molar-refractivity contribution is 6.33. The Hall–Kier alpha value is -2.75. The molecule has 0 aliphatic carbocycles. The molecule has 0 spiro atoms. The van der Waals surface area contributed by atoms with Crippen LogP contribution in [0.1, 0.15) is 19.8 Å². The van der Waals surface area contributed by atoms with Crippen molar-refractivity contribution < 1.29 is 4.79 Å². The van der Waals surface area contributed by atoms with E-state index in [1.54, 1.807) is 12.1 Å². The number of halogens is 3. The zero-order valence-corrected chi connectivity index (χ0v) is 21.9. The van der Waals surface area contributed by atoms with Crippen molar-refractivity contribution in [1.82, 2.24) is 30.2 Å². The summed E-state index contributed by atoms with van der Waals surface area (Å²) in [6.07, 6.45) is 2.81. The molecule has 8 nitrogen and oxygen atoms in total. The molecule has 1 amide bonds. The summed E-state index contributed by atoms with van der Waals surface area (Å²) in [5.74, 6) is 0.824. The highest BCUT2D eigenvalue weighted by Crippen LogP contribution is 2.34. The van der Waals surface area contributed by atoms with Crippen molar-refractivity contribution in [3.05, 3.63) is 64.9 Å². The van der Waals surface area contributed by atoms with Gasteiger partial charge in [-0.1, -0.05) is 42.3 Å². The zero-order valence-electron chi connectivity index (χ0n) is 19.6. The van der Waals surface area contributed by atoms with E-state index in [2.05, 4.69) is 25.9 Å². The molecule has 3 heterocycles. The number of nitrogens with zero attached hydrogens (tertiary/aromatic N) is 4. The molecule has 188 valence electrons. The molecule has 1 aliphatic heterocycles. The predicted molar refractivity (Wildman–Crippen MR) is 147 cm³/mol. The number of hydrogen-bond acceptors (Lipinski definition) is 6. The second kappa shape index (κ2) is 11.1. The fourth-order valence-electron chi connectivity index (χ4n) is 4.54. The topological polar surface area (TPSA) is 96.8 Å². The second-order valence-electron chi connectivity index (χ2n) is 8.44. The first kappa shape index (κ1) is 26.3. The Bertz CT molecular complexity index is 1360. The minimum atomic E-state index is -0.665. The average Bonchev–Trinajstić information content (AvgIpc) is 3.26.